The monoisotopic (exact) mass is 593 g/mol. The van der Waals surface area contributed by atoms with Crippen molar-refractivity contribution < 1.29 is 38.9 Å². The fourth-order valence-electron chi connectivity index (χ4n) is 6.27. The summed E-state index contributed by atoms with van der Waals surface area (Å²) in [4.78, 5) is 67.7. The molecule has 0 spiro atoms. The van der Waals surface area contributed by atoms with Crippen LogP contribution in [0.2, 0.25) is 0 Å². The Bertz CT molecular complexity index is 1350. The minimum Gasteiger partial charge on any atom is -0.481 e. The van der Waals surface area contributed by atoms with Crippen molar-refractivity contribution in [3.8, 4) is 11.1 Å². The maximum absolute atomic E-state index is 13.8. The van der Waals surface area contributed by atoms with Gasteiger partial charge in [0, 0.05) is 26.6 Å². The number of carbonyl (C=O) groups is 5. The van der Waals surface area contributed by atoms with Gasteiger partial charge < -0.3 is 24.7 Å². The van der Waals surface area contributed by atoms with Gasteiger partial charge in [-0.1, -0.05) is 62.4 Å². The Labute approximate surface area is 251 Å². The summed E-state index contributed by atoms with van der Waals surface area (Å²) in [5.74, 6) is -4.46. The number of rotatable bonds is 10. The number of piperidine rings is 1. The molecule has 1 fully saturated rings. The Hall–Kier alpha value is -4.41. The molecule has 2 aliphatic rings. The molecule has 0 unspecified atom stereocenters. The minimum absolute atomic E-state index is 0.0533. The van der Waals surface area contributed by atoms with Crippen LogP contribution in [-0.4, -0.2) is 100 Å². The van der Waals surface area contributed by atoms with E-state index in [9.17, 15) is 34.2 Å². The van der Waals surface area contributed by atoms with Crippen molar-refractivity contribution in [1.82, 2.24) is 14.7 Å². The van der Waals surface area contributed by atoms with Gasteiger partial charge in [-0.3, -0.25) is 19.3 Å². The van der Waals surface area contributed by atoms with Gasteiger partial charge in [0.2, 0.25) is 11.8 Å². The number of ether oxygens (including phenoxy) is 1. The number of amides is 3. The molecule has 2 aromatic carbocycles. The molecule has 0 saturated carbocycles. The van der Waals surface area contributed by atoms with Gasteiger partial charge in [-0.2, -0.15) is 0 Å². The van der Waals surface area contributed by atoms with Gasteiger partial charge in [-0.15, -0.1) is 0 Å². The highest BCUT2D eigenvalue weighted by atomic mass is 16.6. The summed E-state index contributed by atoms with van der Waals surface area (Å²) in [5.41, 5.74) is 4.25. The fourth-order valence-corrected chi connectivity index (χ4v) is 6.27. The SMILES string of the molecule is CC(C)[C@@H](C(=O)N(C)[C@@H](CC(=O)O)C(=O)N1CCCC[C@H]1C(=O)O)N(C)C(=O)OCC1c2ccccc2-c2ccccc21. The van der Waals surface area contributed by atoms with E-state index < -0.39 is 60.3 Å². The highest BCUT2D eigenvalue weighted by molar-refractivity contribution is 5.95. The molecule has 3 atom stereocenters. The molecule has 11 heteroatoms. The molecule has 2 N–H and O–H groups in total. The first-order valence-electron chi connectivity index (χ1n) is 14.5. The first kappa shape index (κ1) is 31.5. The van der Waals surface area contributed by atoms with Gasteiger partial charge in [-0.05, 0) is 47.4 Å². The van der Waals surface area contributed by atoms with Crippen molar-refractivity contribution in [1.29, 1.82) is 0 Å². The van der Waals surface area contributed by atoms with Crippen LogP contribution in [-0.2, 0) is 23.9 Å². The third kappa shape index (κ3) is 6.50. The molecule has 4 rings (SSSR count). The summed E-state index contributed by atoms with van der Waals surface area (Å²) < 4.78 is 5.75. The second kappa shape index (κ2) is 13.3. The molecule has 3 amide bonds. The maximum atomic E-state index is 13.8. The fraction of sp³-hybridized carbons (Fsp3) is 0.469. The molecule has 0 aromatic heterocycles. The molecule has 0 radical (unpaired) electrons. The molecule has 230 valence electrons. The molecule has 1 aliphatic heterocycles. The number of aliphatic carboxylic acids is 2. The van der Waals surface area contributed by atoms with E-state index in [0.717, 1.165) is 32.1 Å². The van der Waals surface area contributed by atoms with Crippen LogP contribution in [0.15, 0.2) is 48.5 Å². The van der Waals surface area contributed by atoms with E-state index in [-0.39, 0.29) is 25.5 Å². The van der Waals surface area contributed by atoms with E-state index in [2.05, 4.69) is 0 Å². The van der Waals surface area contributed by atoms with Crippen LogP contribution in [0.4, 0.5) is 4.79 Å². The second-order valence-electron chi connectivity index (χ2n) is 11.5. The first-order chi connectivity index (χ1) is 20.4. The lowest BCUT2D eigenvalue weighted by Gasteiger charge is -2.39. The zero-order valence-electron chi connectivity index (χ0n) is 24.9. The minimum atomic E-state index is -1.44. The Balaban J connectivity index is 1.51. The average Bonchev–Trinajstić information content (AvgIpc) is 3.31. The topological polar surface area (TPSA) is 145 Å². The van der Waals surface area contributed by atoms with Crippen LogP contribution < -0.4 is 0 Å². The zero-order valence-corrected chi connectivity index (χ0v) is 24.9. The molecule has 1 aliphatic carbocycles. The summed E-state index contributed by atoms with van der Waals surface area (Å²) in [6, 6.07) is 12.3. The normalized spacial score (nSPS) is 17.4. The van der Waals surface area contributed by atoms with Crippen LogP contribution in [0.5, 0.6) is 0 Å². The van der Waals surface area contributed by atoms with Crippen LogP contribution in [0, 0.1) is 5.92 Å². The van der Waals surface area contributed by atoms with Crippen molar-refractivity contribution in [3.05, 3.63) is 59.7 Å². The number of hydrogen-bond acceptors (Lipinski definition) is 6. The van der Waals surface area contributed by atoms with Crippen molar-refractivity contribution >= 4 is 29.8 Å². The van der Waals surface area contributed by atoms with Crippen LogP contribution in [0.1, 0.15) is 56.6 Å². The number of benzene rings is 2. The van der Waals surface area contributed by atoms with Gasteiger partial charge in [0.1, 0.15) is 24.7 Å². The van der Waals surface area contributed by atoms with Crippen LogP contribution in [0.25, 0.3) is 11.1 Å². The molecular weight excluding hydrogens is 554 g/mol. The summed E-state index contributed by atoms with van der Waals surface area (Å²) in [6.07, 6.45) is 0.0116. The predicted octanol–water partition coefficient (Wildman–Crippen LogP) is 3.66. The number of hydrogen-bond donors (Lipinski definition) is 2. The largest absolute Gasteiger partial charge is 0.481 e. The predicted molar refractivity (Wildman–Crippen MR) is 157 cm³/mol. The van der Waals surface area contributed by atoms with E-state index in [4.69, 9.17) is 4.74 Å². The molecule has 1 heterocycles. The number of carboxylic acids is 2. The van der Waals surface area contributed by atoms with E-state index in [0.29, 0.717) is 12.8 Å². The van der Waals surface area contributed by atoms with Crippen LogP contribution >= 0.6 is 0 Å². The summed E-state index contributed by atoms with van der Waals surface area (Å²) in [7, 11) is 2.75. The number of fused-ring (bicyclic) bond motifs is 3. The van der Waals surface area contributed by atoms with E-state index in [1.165, 1.54) is 19.0 Å². The average molecular weight is 594 g/mol. The Morgan fingerprint density at radius 3 is 2.02 bits per heavy atom. The third-order valence-electron chi connectivity index (χ3n) is 8.46. The van der Waals surface area contributed by atoms with E-state index >= 15 is 0 Å². The Morgan fingerprint density at radius 2 is 1.49 bits per heavy atom. The number of carbonyl (C=O) groups excluding carboxylic acids is 3. The zero-order chi connectivity index (χ0) is 31.4. The number of likely N-dealkylation sites (N-methyl/N-ethyl adjacent to an activating group) is 2. The van der Waals surface area contributed by atoms with Gasteiger partial charge >= 0.3 is 18.0 Å². The lowest BCUT2D eigenvalue weighted by Crippen LogP contribution is -2.59. The molecule has 11 nitrogen and oxygen atoms in total. The second-order valence-corrected chi connectivity index (χ2v) is 11.5. The van der Waals surface area contributed by atoms with Crippen molar-refractivity contribution in [2.45, 2.75) is 63.6 Å². The standard InChI is InChI=1S/C32H39N3O8/c1-19(2)28(30(39)33(3)26(17-27(36)37)29(38)35-16-10-9-15-25(35)31(40)41)34(4)32(42)43-18-24-22-13-7-5-11-20(22)21-12-6-8-14-23(21)24/h5-8,11-14,19,24-26,28H,9-10,15-18H2,1-4H3,(H,36,37)(H,40,41)/t25-,26-,28-/m0/s1. The van der Waals surface area contributed by atoms with Crippen molar-refractivity contribution in [2.24, 2.45) is 5.92 Å². The summed E-state index contributed by atoms with van der Waals surface area (Å²) in [6.45, 7) is 3.68. The van der Waals surface area contributed by atoms with Gasteiger partial charge in [-0.25, -0.2) is 9.59 Å². The molecule has 1 saturated heterocycles. The van der Waals surface area contributed by atoms with Gasteiger partial charge in [0.15, 0.2) is 0 Å². The Morgan fingerprint density at radius 1 is 0.907 bits per heavy atom. The maximum Gasteiger partial charge on any atom is 0.410 e. The first-order valence-corrected chi connectivity index (χ1v) is 14.5. The third-order valence-corrected chi connectivity index (χ3v) is 8.46. The summed E-state index contributed by atoms with van der Waals surface area (Å²) >= 11 is 0. The number of nitrogens with zero attached hydrogens (tertiary/aromatic N) is 3. The molecule has 2 aromatic rings. The van der Waals surface area contributed by atoms with Crippen molar-refractivity contribution in [2.75, 3.05) is 27.2 Å². The van der Waals surface area contributed by atoms with Crippen LogP contribution in [0.3, 0.4) is 0 Å². The number of likely N-dealkylation sites (tertiary alicyclic amines) is 1. The van der Waals surface area contributed by atoms with Gasteiger partial charge in [0.05, 0.1) is 6.42 Å². The summed E-state index contributed by atoms with van der Waals surface area (Å²) in [5, 5.41) is 19.2. The molecular formula is C32H39N3O8. The lowest BCUT2D eigenvalue weighted by molar-refractivity contribution is -0.158. The van der Waals surface area contributed by atoms with Crippen molar-refractivity contribution in [3.63, 3.8) is 0 Å². The van der Waals surface area contributed by atoms with Gasteiger partial charge in [0.25, 0.3) is 0 Å². The number of carboxylic acid groups (broad SMARTS) is 2. The smallest absolute Gasteiger partial charge is 0.410 e. The molecule has 43 heavy (non-hydrogen) atoms. The highest BCUT2D eigenvalue weighted by Gasteiger charge is 2.42. The highest BCUT2D eigenvalue weighted by Crippen LogP contribution is 2.44. The Kier molecular flexibility index (Phi) is 9.73. The van der Waals surface area contributed by atoms with E-state index in [1.807, 2.05) is 48.5 Å². The lowest BCUT2D eigenvalue weighted by atomic mass is 9.98. The molecule has 0 bridgehead atoms. The van der Waals surface area contributed by atoms with E-state index in [1.54, 1.807) is 13.8 Å². The quantitative estimate of drug-likeness (QED) is 0.425.